The molecule has 0 amide bonds. The third-order valence-electron chi connectivity index (χ3n) is 12.7. The van der Waals surface area contributed by atoms with E-state index >= 15 is 0 Å². The monoisotopic (exact) mass is 1030 g/mol. The Kier molecular flexibility index (Phi) is 9.86. The number of carbonyl (C=O) groups excluding carboxylic acids is 3. The molecule has 1 N–H and O–H groups in total. The normalized spacial score (nSPS) is 30.6. The largest absolute Gasteiger partial charge is 0.459 e. The second-order valence-electron chi connectivity index (χ2n) is 15.7. The number of rotatable bonds is 8. The summed E-state index contributed by atoms with van der Waals surface area (Å²) in [5.41, 5.74) is 2.12. The molecule has 0 heterocycles. The Balaban J connectivity index is 1.13. The second-order valence-corrected chi connectivity index (χ2v) is 19.5. The van der Waals surface area contributed by atoms with Gasteiger partial charge >= 0.3 is 39.5 Å². The van der Waals surface area contributed by atoms with Crippen LogP contribution in [0.2, 0.25) is 0 Å². The molecule has 0 radical (unpaired) electrons. The van der Waals surface area contributed by atoms with Crippen molar-refractivity contribution >= 4 is 73.2 Å². The van der Waals surface area contributed by atoms with E-state index < -0.39 is 80.4 Å². The van der Waals surface area contributed by atoms with Crippen LogP contribution in [0.15, 0.2) is 60.7 Å². The molecule has 3 unspecified atom stereocenters. The Morgan fingerprint density at radius 1 is 0.768 bits per heavy atom. The summed E-state index contributed by atoms with van der Waals surface area (Å²) in [7, 11) is -6.65. The van der Waals surface area contributed by atoms with E-state index in [9.17, 15) is 44.8 Å². The van der Waals surface area contributed by atoms with E-state index in [1.54, 1.807) is 45.2 Å². The number of ether oxygens (including phenoxy) is 3. The number of fused-ring (bicyclic) bond motifs is 1. The quantitative estimate of drug-likeness (QED) is 0.0775. The third-order valence-corrected chi connectivity index (χ3v) is 15.2. The lowest BCUT2D eigenvalue weighted by molar-refractivity contribution is -0.248. The zero-order valence-electron chi connectivity index (χ0n) is 29.3. The molecular weight excluding hydrogens is 993 g/mol. The Morgan fingerprint density at radius 2 is 1.20 bits per heavy atom. The highest BCUT2D eigenvalue weighted by atomic mass is 127. The zero-order valence-corrected chi connectivity index (χ0v) is 34.4. The van der Waals surface area contributed by atoms with Crippen molar-refractivity contribution in [2.24, 2.45) is 35.5 Å². The van der Waals surface area contributed by atoms with Crippen LogP contribution in [0, 0.1) is 42.6 Å². The number of benzene rings is 3. The van der Waals surface area contributed by atoms with Crippen LogP contribution in [0.3, 0.4) is 0 Å². The second kappa shape index (κ2) is 13.8. The average Bonchev–Trinajstić information content (AvgIpc) is 3.12. The molecule has 298 valence electrons. The van der Waals surface area contributed by atoms with Crippen molar-refractivity contribution in [1.82, 2.24) is 0 Å². The van der Waals surface area contributed by atoms with Crippen molar-refractivity contribution in [2.75, 3.05) is 0 Å². The highest BCUT2D eigenvalue weighted by Gasteiger charge is 2.66. The average molecular weight is 1030 g/mol. The van der Waals surface area contributed by atoms with Gasteiger partial charge in [-0.25, -0.2) is 4.79 Å². The van der Waals surface area contributed by atoms with Crippen LogP contribution in [0.4, 0.5) is 22.0 Å². The summed E-state index contributed by atoms with van der Waals surface area (Å²) < 4.78 is 116. The maximum atomic E-state index is 14.8. The molecule has 0 spiro atoms. The summed E-state index contributed by atoms with van der Waals surface area (Å²) in [4.78, 5) is 42.3. The molecule has 17 heteroatoms. The first-order chi connectivity index (χ1) is 26.2. The number of hydrogen-bond acceptors (Lipinski definition) is 8. The smallest absolute Gasteiger partial charge is 0.432 e. The minimum atomic E-state index is -6.65. The van der Waals surface area contributed by atoms with Crippen LogP contribution in [-0.2, 0) is 29.2 Å². The molecule has 4 fully saturated rings. The lowest BCUT2D eigenvalue weighted by atomic mass is 9.50. The predicted octanol–water partition coefficient (Wildman–Crippen LogP) is 8.65. The van der Waals surface area contributed by atoms with E-state index in [2.05, 4.69) is 4.74 Å². The Hall–Kier alpha value is -2.91. The summed E-state index contributed by atoms with van der Waals surface area (Å²) in [5.74, 6) is -4.94. The molecule has 56 heavy (non-hydrogen) atoms. The molecule has 0 aromatic heterocycles. The molecule has 0 aliphatic heterocycles. The highest BCUT2D eigenvalue weighted by molar-refractivity contribution is 14.1. The van der Waals surface area contributed by atoms with Crippen molar-refractivity contribution in [3.8, 4) is 5.75 Å². The molecule has 3 aromatic rings. The van der Waals surface area contributed by atoms with Crippen LogP contribution < -0.4 is 4.74 Å². The van der Waals surface area contributed by atoms with Crippen LogP contribution in [0.25, 0.3) is 0 Å². The molecule has 7 aliphatic rings. The van der Waals surface area contributed by atoms with E-state index in [0.29, 0.717) is 11.8 Å². The summed E-state index contributed by atoms with van der Waals surface area (Å²) in [5, 5.41) is -5.92. The molecule has 4 saturated carbocycles. The first kappa shape index (κ1) is 39.9. The molecule has 3 aromatic carbocycles. The van der Waals surface area contributed by atoms with E-state index in [1.807, 2.05) is 55.5 Å². The fourth-order valence-corrected chi connectivity index (χ4v) is 12.8. The van der Waals surface area contributed by atoms with Crippen molar-refractivity contribution in [2.45, 2.75) is 74.0 Å². The summed E-state index contributed by atoms with van der Waals surface area (Å²) in [6, 6.07) is 17.0. The maximum absolute atomic E-state index is 14.8. The predicted molar refractivity (Wildman–Crippen MR) is 204 cm³/mol. The Labute approximate surface area is 345 Å². The van der Waals surface area contributed by atoms with Gasteiger partial charge in [-0.15, -0.1) is 0 Å². The number of hydrogen-bond donors (Lipinski definition) is 1. The molecule has 6 bridgehead atoms. The number of carbonyl (C=O) groups is 3. The van der Waals surface area contributed by atoms with E-state index in [0.717, 1.165) is 60.1 Å². The van der Waals surface area contributed by atoms with Crippen molar-refractivity contribution in [3.63, 3.8) is 0 Å². The van der Waals surface area contributed by atoms with Gasteiger partial charge in [0.15, 0.2) is 5.75 Å². The molecule has 7 aliphatic carbocycles. The van der Waals surface area contributed by atoms with Gasteiger partial charge in [0, 0.05) is 11.8 Å². The van der Waals surface area contributed by atoms with Gasteiger partial charge in [-0.05, 0) is 142 Å². The summed E-state index contributed by atoms with van der Waals surface area (Å²) >= 11 is 3.28. The highest BCUT2D eigenvalue weighted by Crippen LogP contribution is 2.62. The fourth-order valence-electron chi connectivity index (χ4n) is 10.4. The van der Waals surface area contributed by atoms with Crippen LogP contribution in [-0.4, -0.2) is 54.0 Å². The van der Waals surface area contributed by atoms with E-state index in [4.69, 9.17) is 14.0 Å². The van der Waals surface area contributed by atoms with Crippen LogP contribution in [0.5, 0.6) is 5.75 Å². The maximum Gasteiger partial charge on any atom is 0.432 e. The van der Waals surface area contributed by atoms with Crippen LogP contribution >= 0.6 is 45.2 Å². The topological polar surface area (TPSA) is 133 Å². The minimum absolute atomic E-state index is 0.0121. The molecule has 0 saturated heterocycles. The first-order valence-corrected chi connectivity index (χ1v) is 21.5. The van der Waals surface area contributed by atoms with Crippen molar-refractivity contribution in [3.05, 3.63) is 95.6 Å². The minimum Gasteiger partial charge on any atom is -0.459 e. The Bertz CT molecular complexity index is 2170. The van der Waals surface area contributed by atoms with Crippen LogP contribution in [0.1, 0.15) is 83.5 Å². The van der Waals surface area contributed by atoms with Gasteiger partial charge < -0.3 is 14.2 Å². The standard InChI is InChI=1S/C39H33F5I2O9S/c1-37(20-11-17-10-18(13-20)14-21(37)12-17)55-35(49)31-29-24-8-4-2-6-22(24)28(23-7-3-5-9-25(23)29)30(31)34(48)53-32-26(45)15-19(16-27(32)46)33(47)54-36(38(40,41)42)39(43,44)56(50,51)52/h2-9,15-18,20-21,28-31,36H,10-14H2,1H3,(H,50,51,52). The number of esters is 3. The van der Waals surface area contributed by atoms with Gasteiger partial charge in [-0.3, -0.25) is 14.1 Å². The van der Waals surface area contributed by atoms with E-state index in [1.165, 1.54) is 6.42 Å². The summed E-state index contributed by atoms with van der Waals surface area (Å²) in [6.07, 6.45) is -5.45. The van der Waals surface area contributed by atoms with E-state index in [-0.39, 0.29) is 24.7 Å². The van der Waals surface area contributed by atoms with Gasteiger partial charge in [-0.1, -0.05) is 48.5 Å². The molecule has 9 nitrogen and oxygen atoms in total. The lowest BCUT2D eigenvalue weighted by Crippen LogP contribution is -2.59. The Morgan fingerprint density at radius 3 is 1.61 bits per heavy atom. The van der Waals surface area contributed by atoms with Gasteiger partial charge in [0.05, 0.1) is 24.5 Å². The molecule has 10 rings (SSSR count). The first-order valence-electron chi connectivity index (χ1n) is 17.9. The van der Waals surface area contributed by atoms with Gasteiger partial charge in [-0.2, -0.15) is 30.4 Å². The van der Waals surface area contributed by atoms with Crippen molar-refractivity contribution in [1.29, 1.82) is 0 Å². The van der Waals surface area contributed by atoms with Crippen molar-refractivity contribution < 1.29 is 63.5 Å². The number of halogens is 7. The van der Waals surface area contributed by atoms with Gasteiger partial charge in [0.2, 0.25) is 0 Å². The lowest BCUT2D eigenvalue weighted by Gasteiger charge is -2.59. The fraction of sp³-hybridized carbons (Fsp3) is 0.462. The SMILES string of the molecule is CC1(OC(=O)C2C3c4ccccc4C(c4ccccc43)C2C(=O)Oc2c(I)cc(C(=O)OC(C(F)(F)F)C(F)(F)S(=O)(=O)O)cc2I)C2CC3CC(C2)CC1C3. The van der Waals surface area contributed by atoms with Gasteiger partial charge in [0.1, 0.15) is 5.60 Å². The third kappa shape index (κ3) is 6.44. The zero-order chi connectivity index (χ0) is 40.3. The molecule has 3 atom stereocenters. The molecular formula is C39H33F5I2O9S. The summed E-state index contributed by atoms with van der Waals surface area (Å²) in [6.45, 7) is 2.03. The number of alkyl halides is 5. The van der Waals surface area contributed by atoms with Gasteiger partial charge in [0.25, 0.3) is 6.10 Å².